The van der Waals surface area contributed by atoms with Crippen LogP contribution in [-0.4, -0.2) is 61.0 Å². The molecule has 0 radical (unpaired) electrons. The third-order valence-electron chi connectivity index (χ3n) is 2.35. The zero-order valence-corrected chi connectivity index (χ0v) is 7.52. The molecule has 5 heteroatoms. The molecule has 2 heterocycles. The number of hydrogen-bond acceptors (Lipinski definition) is 3. The van der Waals surface area contributed by atoms with Crippen molar-refractivity contribution in [3.05, 3.63) is 0 Å². The highest BCUT2D eigenvalue weighted by Crippen LogP contribution is 2.13. The highest BCUT2D eigenvalue weighted by molar-refractivity contribution is 6.35. The zero-order valence-electron chi connectivity index (χ0n) is 7.52. The fourth-order valence-corrected chi connectivity index (χ4v) is 1.37. The highest BCUT2D eigenvalue weighted by atomic mass is 16.6. The highest BCUT2D eigenvalue weighted by Gasteiger charge is 2.34. The van der Waals surface area contributed by atoms with Crippen molar-refractivity contribution in [2.24, 2.45) is 0 Å². The van der Waals surface area contributed by atoms with Crippen LogP contribution in [0.2, 0.25) is 0 Å². The van der Waals surface area contributed by atoms with Crippen LogP contribution in [0.15, 0.2) is 0 Å². The maximum atomic E-state index is 11.4. The van der Waals surface area contributed by atoms with Crippen LogP contribution in [-0.2, 0) is 14.3 Å². The summed E-state index contributed by atoms with van der Waals surface area (Å²) in [6.07, 6.45) is 0.167. The van der Waals surface area contributed by atoms with Gasteiger partial charge in [-0.2, -0.15) is 0 Å². The Morgan fingerprint density at radius 1 is 1.38 bits per heavy atom. The molecule has 0 unspecified atom stereocenters. The van der Waals surface area contributed by atoms with Crippen molar-refractivity contribution in [1.82, 2.24) is 9.80 Å². The number of ether oxygens (including phenoxy) is 1. The molecule has 72 valence electrons. The molecular weight excluding hydrogens is 172 g/mol. The summed E-state index contributed by atoms with van der Waals surface area (Å²) in [4.78, 5) is 25.6. The van der Waals surface area contributed by atoms with E-state index in [1.165, 1.54) is 4.90 Å². The number of hydrogen-bond donors (Lipinski definition) is 0. The molecule has 13 heavy (non-hydrogen) atoms. The van der Waals surface area contributed by atoms with Crippen molar-refractivity contribution in [3.8, 4) is 0 Å². The van der Waals surface area contributed by atoms with Gasteiger partial charge >= 0.3 is 11.8 Å². The first-order valence-electron chi connectivity index (χ1n) is 4.34. The van der Waals surface area contributed by atoms with Gasteiger partial charge in [0, 0.05) is 26.7 Å². The van der Waals surface area contributed by atoms with Crippen LogP contribution in [0.4, 0.5) is 0 Å². The topological polar surface area (TPSA) is 53.1 Å². The fraction of sp³-hybridized carbons (Fsp3) is 0.750. The Kier molecular flexibility index (Phi) is 1.95. The standard InChI is InChI=1S/C8H12N2O3/c1-9-2-3-10(4-6-5-13-6)8(12)7(9)11/h6H,2-5H2,1H3/t6-/m0/s1. The number of rotatable bonds is 2. The van der Waals surface area contributed by atoms with Gasteiger partial charge in [0.15, 0.2) is 0 Å². The van der Waals surface area contributed by atoms with E-state index < -0.39 is 11.8 Å². The zero-order chi connectivity index (χ0) is 9.42. The van der Waals surface area contributed by atoms with Crippen LogP contribution >= 0.6 is 0 Å². The van der Waals surface area contributed by atoms with E-state index in [1.54, 1.807) is 11.9 Å². The van der Waals surface area contributed by atoms with E-state index in [4.69, 9.17) is 4.74 Å². The second-order valence-electron chi connectivity index (χ2n) is 3.43. The molecule has 2 aliphatic rings. The molecule has 5 nitrogen and oxygen atoms in total. The van der Waals surface area contributed by atoms with Crippen LogP contribution < -0.4 is 0 Å². The summed E-state index contributed by atoms with van der Waals surface area (Å²) in [6, 6.07) is 0. The molecule has 2 amide bonds. The molecule has 2 rings (SSSR count). The average molecular weight is 184 g/mol. The third kappa shape index (κ3) is 1.65. The monoisotopic (exact) mass is 184 g/mol. The summed E-state index contributed by atoms with van der Waals surface area (Å²) in [5.74, 6) is -0.809. The minimum absolute atomic E-state index is 0.167. The van der Waals surface area contributed by atoms with Crippen LogP contribution in [0.1, 0.15) is 0 Å². The van der Waals surface area contributed by atoms with Crippen molar-refractivity contribution in [1.29, 1.82) is 0 Å². The van der Waals surface area contributed by atoms with Crippen molar-refractivity contribution < 1.29 is 14.3 Å². The first-order valence-corrected chi connectivity index (χ1v) is 4.34. The summed E-state index contributed by atoms with van der Waals surface area (Å²) in [7, 11) is 1.64. The number of piperazine rings is 1. The van der Waals surface area contributed by atoms with E-state index in [1.807, 2.05) is 0 Å². The first kappa shape index (κ1) is 8.50. The van der Waals surface area contributed by atoms with E-state index in [-0.39, 0.29) is 6.10 Å². The third-order valence-corrected chi connectivity index (χ3v) is 2.35. The fourth-order valence-electron chi connectivity index (χ4n) is 1.37. The Morgan fingerprint density at radius 3 is 2.69 bits per heavy atom. The van der Waals surface area contributed by atoms with Crippen LogP contribution in [0.25, 0.3) is 0 Å². The lowest BCUT2D eigenvalue weighted by Crippen LogP contribution is -2.53. The number of carbonyl (C=O) groups is 2. The van der Waals surface area contributed by atoms with E-state index in [9.17, 15) is 9.59 Å². The van der Waals surface area contributed by atoms with Gasteiger partial charge in [-0.25, -0.2) is 0 Å². The molecule has 0 aromatic heterocycles. The molecule has 0 bridgehead atoms. The van der Waals surface area contributed by atoms with E-state index in [0.717, 1.165) is 0 Å². The molecule has 2 fully saturated rings. The normalized spacial score (nSPS) is 28.2. The van der Waals surface area contributed by atoms with Gasteiger partial charge in [-0.3, -0.25) is 9.59 Å². The Morgan fingerprint density at radius 2 is 2.08 bits per heavy atom. The Labute approximate surface area is 76.2 Å². The molecule has 2 saturated heterocycles. The van der Waals surface area contributed by atoms with Gasteiger partial charge in [0.2, 0.25) is 0 Å². The molecule has 0 N–H and O–H groups in total. The minimum atomic E-state index is -0.410. The Bertz CT molecular complexity index is 250. The largest absolute Gasteiger partial charge is 0.371 e. The predicted molar refractivity (Wildman–Crippen MR) is 44.0 cm³/mol. The number of likely N-dealkylation sites (N-methyl/N-ethyl adjacent to an activating group) is 1. The molecular formula is C8H12N2O3. The number of carbonyl (C=O) groups excluding carboxylic acids is 2. The second kappa shape index (κ2) is 2.99. The van der Waals surface area contributed by atoms with Gasteiger partial charge in [-0.05, 0) is 0 Å². The minimum Gasteiger partial charge on any atom is -0.371 e. The average Bonchev–Trinajstić information content (AvgIpc) is 2.90. The lowest BCUT2D eigenvalue weighted by molar-refractivity contribution is -0.155. The van der Waals surface area contributed by atoms with E-state index in [2.05, 4.69) is 0 Å². The summed E-state index contributed by atoms with van der Waals surface area (Å²) >= 11 is 0. The predicted octanol–water partition coefficient (Wildman–Crippen LogP) is -1.31. The SMILES string of the molecule is CN1CCN(C[C@H]2CO2)C(=O)C1=O. The molecule has 1 atom stereocenters. The number of epoxide rings is 1. The molecule has 0 spiro atoms. The molecule has 0 saturated carbocycles. The molecule has 2 aliphatic heterocycles. The summed E-state index contributed by atoms with van der Waals surface area (Å²) < 4.78 is 5.00. The summed E-state index contributed by atoms with van der Waals surface area (Å²) in [5, 5.41) is 0. The number of amides is 2. The first-order chi connectivity index (χ1) is 6.18. The van der Waals surface area contributed by atoms with Gasteiger partial charge in [-0.15, -0.1) is 0 Å². The lowest BCUT2D eigenvalue weighted by atomic mass is 10.3. The summed E-state index contributed by atoms with van der Waals surface area (Å²) in [6.45, 7) is 2.53. The summed E-state index contributed by atoms with van der Waals surface area (Å²) in [5.41, 5.74) is 0. The Hall–Kier alpha value is -1.10. The molecule has 0 aliphatic carbocycles. The van der Waals surface area contributed by atoms with Crippen LogP contribution in [0.5, 0.6) is 0 Å². The van der Waals surface area contributed by atoms with Crippen LogP contribution in [0.3, 0.4) is 0 Å². The lowest BCUT2D eigenvalue weighted by Gasteiger charge is -2.30. The van der Waals surface area contributed by atoms with Gasteiger partial charge in [0.25, 0.3) is 0 Å². The Balaban J connectivity index is 1.96. The van der Waals surface area contributed by atoms with Crippen LogP contribution in [0, 0.1) is 0 Å². The second-order valence-corrected chi connectivity index (χ2v) is 3.43. The quantitative estimate of drug-likeness (QED) is 0.395. The van der Waals surface area contributed by atoms with Crippen molar-refractivity contribution in [3.63, 3.8) is 0 Å². The van der Waals surface area contributed by atoms with Gasteiger partial charge in [0.1, 0.15) is 0 Å². The maximum absolute atomic E-state index is 11.4. The molecule has 0 aromatic rings. The van der Waals surface area contributed by atoms with E-state index in [0.29, 0.717) is 26.2 Å². The number of nitrogens with zero attached hydrogens (tertiary/aromatic N) is 2. The van der Waals surface area contributed by atoms with Crippen molar-refractivity contribution in [2.75, 3.05) is 33.3 Å². The van der Waals surface area contributed by atoms with Gasteiger partial charge < -0.3 is 14.5 Å². The van der Waals surface area contributed by atoms with Gasteiger partial charge in [0.05, 0.1) is 12.7 Å². The van der Waals surface area contributed by atoms with Crippen molar-refractivity contribution >= 4 is 11.8 Å². The maximum Gasteiger partial charge on any atom is 0.312 e. The van der Waals surface area contributed by atoms with E-state index >= 15 is 0 Å². The van der Waals surface area contributed by atoms with Gasteiger partial charge in [-0.1, -0.05) is 0 Å². The smallest absolute Gasteiger partial charge is 0.312 e. The van der Waals surface area contributed by atoms with Crippen molar-refractivity contribution in [2.45, 2.75) is 6.10 Å². The molecule has 0 aromatic carbocycles.